The molecule has 1 aliphatic heterocycles. The fourth-order valence-electron chi connectivity index (χ4n) is 2.05. The van der Waals surface area contributed by atoms with Crippen LogP contribution < -0.4 is 0 Å². The van der Waals surface area contributed by atoms with E-state index in [9.17, 15) is 0 Å². The lowest BCUT2D eigenvalue weighted by Crippen LogP contribution is -2.25. The molecule has 0 spiro atoms. The Balaban J connectivity index is 2.01. The zero-order valence-electron chi connectivity index (χ0n) is 10.8. The summed E-state index contributed by atoms with van der Waals surface area (Å²) in [6.45, 7) is 9.07. The van der Waals surface area contributed by atoms with Crippen molar-refractivity contribution >= 4 is 0 Å². The molecule has 0 aromatic rings. The maximum absolute atomic E-state index is 8.72. The number of aliphatic hydroxyl groups excluding tert-OH is 1. The third-order valence-electron chi connectivity index (χ3n) is 3.16. The molecular formula is C13H27NO2. The first kappa shape index (κ1) is 13.9. The second-order valence-electron chi connectivity index (χ2n) is 5.20. The van der Waals surface area contributed by atoms with E-state index in [1.165, 1.54) is 12.8 Å². The van der Waals surface area contributed by atoms with Gasteiger partial charge in [0, 0.05) is 26.3 Å². The molecular weight excluding hydrogens is 202 g/mol. The molecule has 1 rings (SSSR count). The average Bonchev–Trinajstić information content (AvgIpc) is 2.66. The van der Waals surface area contributed by atoms with Crippen LogP contribution in [-0.4, -0.2) is 49.0 Å². The number of unbranched alkanes of at least 4 members (excludes halogenated alkanes) is 1. The quantitative estimate of drug-likeness (QED) is 0.645. The Labute approximate surface area is 99.8 Å². The van der Waals surface area contributed by atoms with Crippen molar-refractivity contribution in [3.05, 3.63) is 0 Å². The van der Waals surface area contributed by atoms with Gasteiger partial charge in [-0.15, -0.1) is 0 Å². The van der Waals surface area contributed by atoms with Crippen LogP contribution in [0.1, 0.15) is 39.5 Å². The summed E-state index contributed by atoms with van der Waals surface area (Å²) < 4.78 is 5.86. The van der Waals surface area contributed by atoms with Gasteiger partial charge in [-0.1, -0.05) is 13.8 Å². The minimum Gasteiger partial charge on any atom is -0.396 e. The van der Waals surface area contributed by atoms with Gasteiger partial charge >= 0.3 is 0 Å². The molecule has 0 bridgehead atoms. The summed E-state index contributed by atoms with van der Waals surface area (Å²) in [4.78, 5) is 2.45. The summed E-state index contributed by atoms with van der Waals surface area (Å²) in [6.07, 6.45) is 4.83. The van der Waals surface area contributed by atoms with Gasteiger partial charge in [0.25, 0.3) is 0 Å². The largest absolute Gasteiger partial charge is 0.396 e. The monoisotopic (exact) mass is 229 g/mol. The predicted molar refractivity (Wildman–Crippen MR) is 66.6 cm³/mol. The van der Waals surface area contributed by atoms with Gasteiger partial charge in [-0.05, 0) is 38.1 Å². The van der Waals surface area contributed by atoms with Crippen molar-refractivity contribution < 1.29 is 9.84 Å². The van der Waals surface area contributed by atoms with Gasteiger partial charge in [-0.2, -0.15) is 0 Å². The summed E-state index contributed by atoms with van der Waals surface area (Å²) >= 11 is 0. The van der Waals surface area contributed by atoms with Crippen LogP contribution in [0.15, 0.2) is 0 Å². The highest BCUT2D eigenvalue weighted by Crippen LogP contribution is 2.14. The van der Waals surface area contributed by atoms with Crippen molar-refractivity contribution in [1.29, 1.82) is 0 Å². The van der Waals surface area contributed by atoms with Crippen molar-refractivity contribution in [2.24, 2.45) is 5.92 Å². The van der Waals surface area contributed by atoms with Crippen LogP contribution in [0.5, 0.6) is 0 Å². The zero-order valence-corrected chi connectivity index (χ0v) is 10.8. The number of likely N-dealkylation sites (tertiary alicyclic amines) is 1. The Morgan fingerprint density at radius 3 is 2.88 bits per heavy atom. The molecule has 0 aromatic heterocycles. The molecule has 0 aromatic carbocycles. The average molecular weight is 229 g/mol. The minimum atomic E-state index is 0.322. The maximum Gasteiger partial charge on any atom is 0.0714 e. The Morgan fingerprint density at radius 1 is 1.38 bits per heavy atom. The van der Waals surface area contributed by atoms with Crippen molar-refractivity contribution in [1.82, 2.24) is 4.90 Å². The van der Waals surface area contributed by atoms with Gasteiger partial charge in [0.15, 0.2) is 0 Å². The number of hydrogen-bond acceptors (Lipinski definition) is 3. The summed E-state index contributed by atoms with van der Waals surface area (Å²) in [5, 5.41) is 8.72. The van der Waals surface area contributed by atoms with Crippen molar-refractivity contribution in [2.45, 2.75) is 45.6 Å². The Morgan fingerprint density at radius 2 is 2.19 bits per heavy atom. The van der Waals surface area contributed by atoms with Crippen molar-refractivity contribution in [3.8, 4) is 0 Å². The van der Waals surface area contributed by atoms with Gasteiger partial charge in [0.1, 0.15) is 0 Å². The minimum absolute atomic E-state index is 0.322. The van der Waals surface area contributed by atoms with E-state index >= 15 is 0 Å². The van der Waals surface area contributed by atoms with Gasteiger partial charge in [0.05, 0.1) is 6.10 Å². The summed E-state index contributed by atoms with van der Waals surface area (Å²) in [5.74, 6) is 0.738. The molecule has 1 aliphatic rings. The Hall–Kier alpha value is -0.120. The topological polar surface area (TPSA) is 32.7 Å². The number of ether oxygens (including phenoxy) is 1. The molecule has 0 saturated carbocycles. The van der Waals surface area contributed by atoms with Gasteiger partial charge < -0.3 is 14.7 Å². The molecule has 0 radical (unpaired) electrons. The van der Waals surface area contributed by atoms with E-state index in [0.717, 1.165) is 45.0 Å². The van der Waals surface area contributed by atoms with Gasteiger partial charge in [0.2, 0.25) is 0 Å². The van der Waals surface area contributed by atoms with Crippen LogP contribution in [0, 0.1) is 5.92 Å². The Bertz CT molecular complexity index is 173. The standard InChI is InChI=1S/C13H27NO2/c1-12(2)6-10-16-13-5-8-14(11-13)7-3-4-9-15/h12-13,15H,3-11H2,1-2H3. The highest BCUT2D eigenvalue weighted by Gasteiger charge is 2.22. The van der Waals surface area contributed by atoms with Crippen LogP contribution in [-0.2, 0) is 4.74 Å². The molecule has 1 atom stereocenters. The van der Waals surface area contributed by atoms with E-state index in [0.29, 0.717) is 12.7 Å². The lowest BCUT2D eigenvalue weighted by Gasteiger charge is -2.16. The maximum atomic E-state index is 8.72. The molecule has 1 N–H and O–H groups in total. The van der Waals surface area contributed by atoms with E-state index in [4.69, 9.17) is 9.84 Å². The van der Waals surface area contributed by atoms with Crippen molar-refractivity contribution in [3.63, 3.8) is 0 Å². The smallest absolute Gasteiger partial charge is 0.0714 e. The summed E-state index contributed by atoms with van der Waals surface area (Å²) in [5.41, 5.74) is 0. The van der Waals surface area contributed by atoms with E-state index in [-0.39, 0.29) is 0 Å². The van der Waals surface area contributed by atoms with E-state index in [1.807, 2.05) is 0 Å². The number of aliphatic hydroxyl groups is 1. The third-order valence-corrected chi connectivity index (χ3v) is 3.16. The molecule has 3 heteroatoms. The lowest BCUT2D eigenvalue weighted by molar-refractivity contribution is 0.0521. The van der Waals surface area contributed by atoms with E-state index in [2.05, 4.69) is 18.7 Å². The molecule has 1 saturated heterocycles. The molecule has 0 aliphatic carbocycles. The number of hydrogen-bond donors (Lipinski definition) is 1. The van der Waals surface area contributed by atoms with Crippen LogP contribution >= 0.6 is 0 Å². The first-order chi connectivity index (χ1) is 7.72. The predicted octanol–water partition coefficient (Wildman–Crippen LogP) is 1.90. The zero-order chi connectivity index (χ0) is 11.8. The molecule has 1 fully saturated rings. The van der Waals surface area contributed by atoms with Crippen LogP contribution in [0.25, 0.3) is 0 Å². The molecule has 0 amide bonds. The van der Waals surface area contributed by atoms with Crippen LogP contribution in [0.4, 0.5) is 0 Å². The lowest BCUT2D eigenvalue weighted by atomic mass is 10.1. The fourth-order valence-corrected chi connectivity index (χ4v) is 2.05. The van der Waals surface area contributed by atoms with Crippen molar-refractivity contribution in [2.75, 3.05) is 32.8 Å². The molecule has 1 heterocycles. The molecule has 16 heavy (non-hydrogen) atoms. The summed E-state index contributed by atoms with van der Waals surface area (Å²) in [7, 11) is 0. The van der Waals surface area contributed by atoms with Crippen LogP contribution in [0.2, 0.25) is 0 Å². The molecule has 1 unspecified atom stereocenters. The number of rotatable bonds is 8. The summed E-state index contributed by atoms with van der Waals surface area (Å²) in [6, 6.07) is 0. The normalized spacial score (nSPS) is 22.1. The fraction of sp³-hybridized carbons (Fsp3) is 1.00. The first-order valence-electron chi connectivity index (χ1n) is 6.67. The molecule has 96 valence electrons. The second kappa shape index (κ2) is 8.04. The Kier molecular flexibility index (Phi) is 7.01. The van der Waals surface area contributed by atoms with Crippen LogP contribution in [0.3, 0.4) is 0 Å². The van der Waals surface area contributed by atoms with E-state index < -0.39 is 0 Å². The highest BCUT2D eigenvalue weighted by molar-refractivity contribution is 4.75. The SMILES string of the molecule is CC(C)CCOC1CCN(CCCCO)C1. The van der Waals surface area contributed by atoms with E-state index in [1.54, 1.807) is 0 Å². The van der Waals surface area contributed by atoms with Gasteiger partial charge in [-0.25, -0.2) is 0 Å². The first-order valence-corrected chi connectivity index (χ1v) is 6.67. The molecule has 3 nitrogen and oxygen atoms in total. The van der Waals surface area contributed by atoms with Gasteiger partial charge in [-0.3, -0.25) is 0 Å². The number of nitrogens with zero attached hydrogens (tertiary/aromatic N) is 1. The third kappa shape index (κ3) is 5.83. The highest BCUT2D eigenvalue weighted by atomic mass is 16.5. The second-order valence-corrected chi connectivity index (χ2v) is 5.20.